The van der Waals surface area contributed by atoms with Crippen LogP contribution in [0.1, 0.15) is 5.56 Å². The minimum atomic E-state index is -3.48. The summed E-state index contributed by atoms with van der Waals surface area (Å²) in [7, 11) is -1.70. The van der Waals surface area contributed by atoms with Crippen LogP contribution in [0, 0.1) is 0 Å². The van der Waals surface area contributed by atoms with Crippen LogP contribution in [0.3, 0.4) is 0 Å². The topological polar surface area (TPSA) is 86.9 Å². The van der Waals surface area contributed by atoms with E-state index in [9.17, 15) is 8.42 Å². The smallest absolute Gasteiger partial charge is 0.240 e. The molecule has 18 heavy (non-hydrogen) atoms. The van der Waals surface area contributed by atoms with Gasteiger partial charge in [-0.25, -0.2) is 13.1 Å². The average Bonchev–Trinajstić information content (AvgIpc) is 2.90. The second-order valence-corrected chi connectivity index (χ2v) is 5.47. The van der Waals surface area contributed by atoms with E-state index in [-0.39, 0.29) is 11.4 Å². The van der Waals surface area contributed by atoms with Crippen molar-refractivity contribution in [3.63, 3.8) is 0 Å². The lowest BCUT2D eigenvalue weighted by Gasteiger charge is -2.06. The van der Waals surface area contributed by atoms with Crippen molar-refractivity contribution in [3.05, 3.63) is 42.2 Å². The van der Waals surface area contributed by atoms with Gasteiger partial charge in [-0.3, -0.25) is 5.10 Å². The molecule has 2 aromatic rings. The number of hydrogen-bond donors (Lipinski definition) is 3. The molecule has 0 amide bonds. The van der Waals surface area contributed by atoms with Crippen molar-refractivity contribution in [2.75, 3.05) is 12.4 Å². The molecule has 0 fully saturated rings. The average molecular weight is 266 g/mol. The Morgan fingerprint density at radius 3 is 2.56 bits per heavy atom. The number of sulfonamides is 1. The summed E-state index contributed by atoms with van der Waals surface area (Å²) >= 11 is 0. The number of anilines is 1. The van der Waals surface area contributed by atoms with Crippen molar-refractivity contribution < 1.29 is 8.42 Å². The Labute approximate surface area is 105 Å². The molecule has 1 aromatic heterocycles. The van der Waals surface area contributed by atoms with E-state index < -0.39 is 10.0 Å². The molecular weight excluding hydrogens is 252 g/mol. The molecule has 3 N–H and O–H groups in total. The van der Waals surface area contributed by atoms with Gasteiger partial charge in [-0.2, -0.15) is 5.10 Å². The lowest BCUT2D eigenvalue weighted by molar-refractivity contribution is 0.581. The molecule has 0 aliphatic carbocycles. The van der Waals surface area contributed by atoms with Crippen LogP contribution >= 0.6 is 0 Å². The first-order chi connectivity index (χ1) is 8.62. The van der Waals surface area contributed by atoms with Crippen LogP contribution in [-0.4, -0.2) is 25.7 Å². The summed E-state index contributed by atoms with van der Waals surface area (Å²) in [5, 5.41) is 9.31. The van der Waals surface area contributed by atoms with Gasteiger partial charge in [0, 0.05) is 31.0 Å². The van der Waals surface area contributed by atoms with Crippen LogP contribution in [0.2, 0.25) is 0 Å². The molecule has 0 aliphatic heterocycles. The summed E-state index contributed by atoms with van der Waals surface area (Å²) in [6, 6.07) is 6.55. The monoisotopic (exact) mass is 266 g/mol. The molecule has 0 spiro atoms. The third-order valence-corrected chi connectivity index (χ3v) is 3.89. The first-order valence-corrected chi connectivity index (χ1v) is 6.85. The van der Waals surface area contributed by atoms with Crippen molar-refractivity contribution in [3.8, 4) is 0 Å². The molecule has 0 atom stereocenters. The van der Waals surface area contributed by atoms with E-state index in [1.165, 1.54) is 0 Å². The van der Waals surface area contributed by atoms with Gasteiger partial charge < -0.3 is 5.32 Å². The highest BCUT2D eigenvalue weighted by Gasteiger charge is 2.13. The fourth-order valence-corrected chi connectivity index (χ4v) is 2.45. The van der Waals surface area contributed by atoms with E-state index in [0.29, 0.717) is 0 Å². The molecule has 6 nitrogen and oxygen atoms in total. The van der Waals surface area contributed by atoms with E-state index in [1.54, 1.807) is 43.7 Å². The lowest BCUT2D eigenvalue weighted by Crippen LogP contribution is -2.22. The van der Waals surface area contributed by atoms with Crippen LogP contribution in [0.25, 0.3) is 0 Å². The molecule has 0 unspecified atom stereocenters. The summed E-state index contributed by atoms with van der Waals surface area (Å²) in [5.41, 5.74) is 1.65. The number of H-pyrrole nitrogens is 1. The number of aromatic nitrogens is 2. The highest BCUT2D eigenvalue weighted by atomic mass is 32.2. The standard InChI is InChI=1S/C11H14N4O2S/c1-12-10-2-4-11(5-3-10)18(16,17)15-8-9-6-13-14-7-9/h2-7,12,15H,8H2,1H3,(H,13,14). The maximum absolute atomic E-state index is 12.0. The van der Waals surface area contributed by atoms with Crippen LogP contribution < -0.4 is 10.0 Å². The summed E-state index contributed by atoms with van der Waals surface area (Å²) in [6.07, 6.45) is 3.22. The maximum atomic E-state index is 12.0. The molecule has 0 bridgehead atoms. The summed E-state index contributed by atoms with van der Waals surface area (Å²) < 4.78 is 26.4. The van der Waals surface area contributed by atoms with Gasteiger partial charge in [0.1, 0.15) is 0 Å². The maximum Gasteiger partial charge on any atom is 0.240 e. The van der Waals surface area contributed by atoms with Crippen molar-refractivity contribution >= 4 is 15.7 Å². The van der Waals surface area contributed by atoms with E-state index in [4.69, 9.17) is 0 Å². The predicted molar refractivity (Wildman–Crippen MR) is 68.6 cm³/mol. The van der Waals surface area contributed by atoms with Crippen LogP contribution in [-0.2, 0) is 16.6 Å². The van der Waals surface area contributed by atoms with Gasteiger partial charge in [-0.05, 0) is 24.3 Å². The third-order valence-electron chi connectivity index (χ3n) is 2.47. The molecule has 0 radical (unpaired) electrons. The minimum absolute atomic E-state index is 0.215. The molecule has 96 valence electrons. The van der Waals surface area contributed by atoms with Gasteiger partial charge in [0.25, 0.3) is 0 Å². The first kappa shape index (κ1) is 12.6. The van der Waals surface area contributed by atoms with Gasteiger partial charge in [-0.15, -0.1) is 0 Å². The normalized spacial score (nSPS) is 11.4. The Morgan fingerprint density at radius 2 is 2.00 bits per heavy atom. The largest absolute Gasteiger partial charge is 0.388 e. The lowest BCUT2D eigenvalue weighted by atomic mass is 10.3. The SMILES string of the molecule is CNc1ccc(S(=O)(=O)NCc2cn[nH]c2)cc1. The van der Waals surface area contributed by atoms with Crippen molar-refractivity contribution in [1.29, 1.82) is 0 Å². The Kier molecular flexibility index (Phi) is 3.63. The predicted octanol–water partition coefficient (Wildman–Crippen LogP) is 0.930. The zero-order valence-corrected chi connectivity index (χ0v) is 10.7. The molecule has 1 heterocycles. The Balaban J connectivity index is 2.09. The molecule has 0 aliphatic rings. The van der Waals surface area contributed by atoms with E-state index in [2.05, 4.69) is 20.2 Å². The number of rotatable bonds is 5. The minimum Gasteiger partial charge on any atom is -0.388 e. The number of nitrogens with zero attached hydrogens (tertiary/aromatic N) is 1. The first-order valence-electron chi connectivity index (χ1n) is 5.37. The summed E-state index contributed by atoms with van der Waals surface area (Å²) in [4.78, 5) is 0.241. The van der Waals surface area contributed by atoms with Crippen molar-refractivity contribution in [1.82, 2.24) is 14.9 Å². The van der Waals surface area contributed by atoms with Gasteiger partial charge in [-0.1, -0.05) is 0 Å². The van der Waals surface area contributed by atoms with Crippen LogP contribution in [0.5, 0.6) is 0 Å². The highest BCUT2D eigenvalue weighted by Crippen LogP contribution is 2.13. The van der Waals surface area contributed by atoms with Crippen LogP contribution in [0.4, 0.5) is 5.69 Å². The zero-order valence-electron chi connectivity index (χ0n) is 9.84. The fourth-order valence-electron chi connectivity index (χ4n) is 1.44. The number of aromatic amines is 1. The zero-order chi connectivity index (χ0) is 13.0. The quantitative estimate of drug-likeness (QED) is 0.751. The number of hydrogen-bond acceptors (Lipinski definition) is 4. The van der Waals surface area contributed by atoms with Crippen LogP contribution in [0.15, 0.2) is 41.6 Å². The molecule has 7 heteroatoms. The van der Waals surface area contributed by atoms with Crippen molar-refractivity contribution in [2.24, 2.45) is 0 Å². The fraction of sp³-hybridized carbons (Fsp3) is 0.182. The molecule has 0 saturated carbocycles. The second kappa shape index (κ2) is 5.19. The Hall–Kier alpha value is -1.86. The summed E-state index contributed by atoms with van der Waals surface area (Å²) in [5.74, 6) is 0. The molecule has 0 saturated heterocycles. The Bertz CT molecular complexity index is 590. The number of nitrogens with one attached hydrogen (secondary N) is 3. The van der Waals surface area contributed by atoms with E-state index >= 15 is 0 Å². The van der Waals surface area contributed by atoms with Gasteiger partial charge in [0.05, 0.1) is 11.1 Å². The highest BCUT2D eigenvalue weighted by molar-refractivity contribution is 7.89. The van der Waals surface area contributed by atoms with Gasteiger partial charge in [0.2, 0.25) is 10.0 Å². The molecule has 1 aromatic carbocycles. The molecular formula is C11H14N4O2S. The van der Waals surface area contributed by atoms with Gasteiger partial charge >= 0.3 is 0 Å². The third kappa shape index (κ3) is 2.88. The Morgan fingerprint density at radius 1 is 1.28 bits per heavy atom. The van der Waals surface area contributed by atoms with E-state index in [0.717, 1.165) is 11.3 Å². The van der Waals surface area contributed by atoms with Crippen molar-refractivity contribution in [2.45, 2.75) is 11.4 Å². The number of benzene rings is 1. The van der Waals surface area contributed by atoms with Gasteiger partial charge in [0.15, 0.2) is 0 Å². The molecule has 2 rings (SSSR count). The van der Waals surface area contributed by atoms with E-state index in [1.807, 2.05) is 0 Å². The second-order valence-electron chi connectivity index (χ2n) is 3.71. The summed E-state index contributed by atoms with van der Waals surface area (Å²) in [6.45, 7) is 0.215.